The second kappa shape index (κ2) is 9.77. The lowest BCUT2D eigenvalue weighted by Gasteiger charge is -2.09. The normalized spacial score (nSPS) is 11.3. The van der Waals surface area contributed by atoms with Crippen molar-refractivity contribution in [2.45, 2.75) is 26.2 Å². The first kappa shape index (κ1) is 23.5. The number of rotatable bonds is 5. The van der Waals surface area contributed by atoms with Gasteiger partial charge >= 0.3 is 0 Å². The Labute approximate surface area is 217 Å². The van der Waals surface area contributed by atoms with E-state index in [2.05, 4.69) is 41.6 Å². The molecule has 0 aliphatic carbocycles. The summed E-state index contributed by atoms with van der Waals surface area (Å²) in [5.74, 6) is 0.781. The Balaban J connectivity index is 1.22. The summed E-state index contributed by atoms with van der Waals surface area (Å²) in [6.07, 6.45) is 0.581. The van der Waals surface area contributed by atoms with Gasteiger partial charge in [-0.2, -0.15) is 0 Å². The zero-order valence-corrected chi connectivity index (χ0v) is 21.5. The molecule has 35 heavy (non-hydrogen) atoms. The number of thiophene rings is 1. The second-order valence-corrected chi connectivity index (χ2v) is 10.4. The van der Waals surface area contributed by atoms with Gasteiger partial charge in [0.15, 0.2) is 16.6 Å². The maximum atomic E-state index is 12.7. The van der Waals surface area contributed by atoms with E-state index in [0.29, 0.717) is 28.1 Å². The third-order valence-corrected chi connectivity index (χ3v) is 7.54. The predicted molar refractivity (Wildman–Crippen MR) is 148 cm³/mol. The summed E-state index contributed by atoms with van der Waals surface area (Å²) in [7, 11) is 0. The van der Waals surface area contributed by atoms with Gasteiger partial charge in [0, 0.05) is 22.2 Å². The van der Waals surface area contributed by atoms with Gasteiger partial charge in [-0.25, -0.2) is 4.98 Å². The van der Waals surface area contributed by atoms with Crippen LogP contribution >= 0.6 is 35.2 Å². The van der Waals surface area contributed by atoms with Gasteiger partial charge in [-0.05, 0) is 59.6 Å². The molecule has 5 nitrogen and oxygen atoms in total. The van der Waals surface area contributed by atoms with E-state index in [-0.39, 0.29) is 11.0 Å². The number of benzene rings is 3. The molecule has 3 aromatic carbocycles. The molecule has 2 N–H and O–H groups in total. The number of anilines is 1. The first-order valence-corrected chi connectivity index (χ1v) is 12.8. The van der Waals surface area contributed by atoms with Gasteiger partial charge in [0.1, 0.15) is 10.4 Å². The molecule has 0 bridgehead atoms. The lowest BCUT2D eigenvalue weighted by Crippen LogP contribution is -2.33. The van der Waals surface area contributed by atoms with E-state index in [1.165, 1.54) is 16.9 Å². The number of hydrogen-bond donors (Lipinski definition) is 2. The average Bonchev–Trinajstić information content (AvgIpc) is 3.40. The molecule has 2 heterocycles. The summed E-state index contributed by atoms with van der Waals surface area (Å²) >= 11 is 13.1. The van der Waals surface area contributed by atoms with Crippen molar-refractivity contribution in [1.82, 2.24) is 10.3 Å². The summed E-state index contributed by atoms with van der Waals surface area (Å²) in [4.78, 5) is 17.8. The summed E-state index contributed by atoms with van der Waals surface area (Å²) in [5, 5.41) is 7.26. The largest absolute Gasteiger partial charge is 0.440 e. The van der Waals surface area contributed by atoms with E-state index in [1.807, 2.05) is 54.6 Å². The first-order chi connectivity index (χ1) is 16.9. The molecule has 8 heteroatoms. The van der Waals surface area contributed by atoms with Gasteiger partial charge in [0.25, 0.3) is 5.91 Å². The Bertz CT molecular complexity index is 1550. The molecular weight excluding hydrogens is 498 g/mol. The average molecular weight is 520 g/mol. The second-order valence-electron chi connectivity index (χ2n) is 8.51. The SMILES string of the molecule is CC(C)c1ccc2oc(Cc3ccc(NC(=S)NC(=O)c4sc5ccccc5c4Cl)cc3)nc2c1. The summed E-state index contributed by atoms with van der Waals surface area (Å²) in [6, 6.07) is 21.5. The summed E-state index contributed by atoms with van der Waals surface area (Å²) in [5.41, 5.74) is 4.73. The standard InChI is InChI=1S/C27H22ClN3O2S2/c1-15(2)17-9-12-21-20(14-17)30-23(33-21)13-16-7-10-18(11-8-16)29-27(34)31-26(32)25-24(28)19-5-3-4-6-22(19)35-25/h3-12,14-15H,13H2,1-2H3,(H2,29,31,32,34). The number of amides is 1. The van der Waals surface area contributed by atoms with Crippen LogP contribution in [0, 0.1) is 0 Å². The molecule has 0 spiro atoms. The van der Waals surface area contributed by atoms with Crippen LogP contribution in [0.4, 0.5) is 5.69 Å². The van der Waals surface area contributed by atoms with Crippen molar-refractivity contribution in [2.24, 2.45) is 0 Å². The minimum absolute atomic E-state index is 0.205. The van der Waals surface area contributed by atoms with Gasteiger partial charge in [-0.1, -0.05) is 61.8 Å². The number of nitrogens with one attached hydrogen (secondary N) is 2. The number of hydrogen-bond acceptors (Lipinski definition) is 5. The van der Waals surface area contributed by atoms with E-state index in [1.54, 1.807) is 0 Å². The van der Waals surface area contributed by atoms with Crippen LogP contribution in [-0.4, -0.2) is 16.0 Å². The molecule has 0 atom stereocenters. The molecule has 0 aliphatic rings. The third-order valence-electron chi connectivity index (χ3n) is 5.66. The number of thiocarbonyl (C=S) groups is 1. The number of oxazole rings is 1. The van der Waals surface area contributed by atoms with Crippen LogP contribution in [0.25, 0.3) is 21.2 Å². The van der Waals surface area contributed by atoms with Gasteiger partial charge in [0.05, 0.1) is 5.02 Å². The van der Waals surface area contributed by atoms with Crippen LogP contribution in [0.15, 0.2) is 71.1 Å². The molecule has 0 saturated carbocycles. The quantitative estimate of drug-likeness (QED) is 0.235. The smallest absolute Gasteiger partial charge is 0.269 e. The van der Waals surface area contributed by atoms with E-state index < -0.39 is 0 Å². The fraction of sp³-hybridized carbons (Fsp3) is 0.148. The van der Waals surface area contributed by atoms with Gasteiger partial charge in [-0.15, -0.1) is 11.3 Å². The van der Waals surface area contributed by atoms with Crippen LogP contribution in [0.5, 0.6) is 0 Å². The van der Waals surface area contributed by atoms with E-state index in [9.17, 15) is 4.79 Å². The number of carbonyl (C=O) groups excluding carboxylic acids is 1. The molecule has 0 fully saturated rings. The van der Waals surface area contributed by atoms with Crippen molar-refractivity contribution < 1.29 is 9.21 Å². The highest BCUT2D eigenvalue weighted by Crippen LogP contribution is 2.35. The molecule has 1 amide bonds. The minimum atomic E-state index is -0.332. The van der Waals surface area contributed by atoms with Gasteiger partial charge < -0.3 is 9.73 Å². The Morgan fingerprint density at radius 3 is 2.63 bits per heavy atom. The number of fused-ring (bicyclic) bond motifs is 2. The van der Waals surface area contributed by atoms with Crippen molar-refractivity contribution >= 4 is 73.0 Å². The molecule has 5 rings (SSSR count). The molecule has 0 radical (unpaired) electrons. The zero-order valence-electron chi connectivity index (χ0n) is 19.1. The molecule has 0 aliphatic heterocycles. The summed E-state index contributed by atoms with van der Waals surface area (Å²) < 4.78 is 6.87. The fourth-order valence-corrected chi connectivity index (χ4v) is 5.41. The monoisotopic (exact) mass is 519 g/mol. The van der Waals surface area contributed by atoms with Gasteiger partial charge in [-0.3, -0.25) is 10.1 Å². The van der Waals surface area contributed by atoms with Crippen LogP contribution in [-0.2, 0) is 6.42 Å². The highest BCUT2D eigenvalue weighted by Gasteiger charge is 2.18. The van der Waals surface area contributed by atoms with Crippen LogP contribution < -0.4 is 10.6 Å². The topological polar surface area (TPSA) is 67.2 Å². The van der Waals surface area contributed by atoms with Crippen molar-refractivity contribution in [3.8, 4) is 0 Å². The Kier molecular flexibility index (Phi) is 6.56. The molecule has 2 aromatic heterocycles. The third kappa shape index (κ3) is 5.07. The summed E-state index contributed by atoms with van der Waals surface area (Å²) in [6.45, 7) is 4.32. The molecule has 176 valence electrons. The highest BCUT2D eigenvalue weighted by molar-refractivity contribution is 7.80. The van der Waals surface area contributed by atoms with Crippen LogP contribution in [0.1, 0.15) is 46.5 Å². The van der Waals surface area contributed by atoms with Crippen molar-refractivity contribution in [3.05, 3.63) is 93.6 Å². The lowest BCUT2D eigenvalue weighted by atomic mass is 10.0. The van der Waals surface area contributed by atoms with Gasteiger partial charge in [0.2, 0.25) is 0 Å². The Morgan fingerprint density at radius 2 is 1.89 bits per heavy atom. The number of carbonyl (C=O) groups is 1. The molecular formula is C27H22ClN3O2S2. The van der Waals surface area contributed by atoms with Crippen LogP contribution in [0.2, 0.25) is 5.02 Å². The Morgan fingerprint density at radius 1 is 1.11 bits per heavy atom. The van der Waals surface area contributed by atoms with Crippen molar-refractivity contribution in [2.75, 3.05) is 5.32 Å². The fourth-order valence-electron chi connectivity index (χ4n) is 3.79. The highest BCUT2D eigenvalue weighted by atomic mass is 35.5. The Hall–Kier alpha value is -3.26. The van der Waals surface area contributed by atoms with Crippen LogP contribution in [0.3, 0.4) is 0 Å². The molecule has 5 aromatic rings. The minimum Gasteiger partial charge on any atom is -0.440 e. The molecule has 0 unspecified atom stereocenters. The van der Waals surface area contributed by atoms with E-state index >= 15 is 0 Å². The van der Waals surface area contributed by atoms with Crippen molar-refractivity contribution in [1.29, 1.82) is 0 Å². The lowest BCUT2D eigenvalue weighted by molar-refractivity contribution is 0.0982. The first-order valence-electron chi connectivity index (χ1n) is 11.1. The maximum Gasteiger partial charge on any atom is 0.269 e. The predicted octanol–water partition coefficient (Wildman–Crippen LogP) is 7.54. The maximum absolute atomic E-state index is 12.7. The number of halogens is 1. The zero-order chi connectivity index (χ0) is 24.5. The molecule has 0 saturated heterocycles. The number of nitrogens with zero attached hydrogens (tertiary/aromatic N) is 1. The number of aromatic nitrogens is 1. The van der Waals surface area contributed by atoms with E-state index in [0.717, 1.165) is 32.4 Å². The van der Waals surface area contributed by atoms with Crippen molar-refractivity contribution in [3.63, 3.8) is 0 Å². The van der Waals surface area contributed by atoms with E-state index in [4.69, 9.17) is 28.2 Å².